The molecule has 2 heterocycles. The fourth-order valence-corrected chi connectivity index (χ4v) is 5.03. The van der Waals surface area contributed by atoms with Crippen molar-refractivity contribution in [3.05, 3.63) is 108 Å². The summed E-state index contributed by atoms with van der Waals surface area (Å²) >= 11 is 0. The van der Waals surface area contributed by atoms with E-state index in [1.165, 1.54) is 16.3 Å². The second-order valence-corrected chi connectivity index (χ2v) is 9.37. The van der Waals surface area contributed by atoms with Crippen molar-refractivity contribution in [2.75, 3.05) is 31.1 Å². The van der Waals surface area contributed by atoms with E-state index in [0.717, 1.165) is 37.3 Å². The van der Waals surface area contributed by atoms with Gasteiger partial charge in [-0.3, -0.25) is 9.78 Å². The fourth-order valence-electron chi connectivity index (χ4n) is 5.03. The number of anilines is 1. The molecule has 2 unspecified atom stereocenters. The van der Waals surface area contributed by atoms with Crippen LogP contribution in [-0.4, -0.2) is 54.3 Å². The summed E-state index contributed by atoms with van der Waals surface area (Å²) < 4.78 is 0. The second kappa shape index (κ2) is 11.3. The summed E-state index contributed by atoms with van der Waals surface area (Å²) in [6, 6.07) is 26.7. The molecule has 1 aliphatic heterocycles. The molecule has 0 saturated carbocycles. The lowest BCUT2D eigenvalue weighted by molar-refractivity contribution is 0.0916. The molecule has 6 nitrogen and oxygen atoms in total. The first-order valence-electron chi connectivity index (χ1n) is 12.6. The average Bonchev–Trinajstić information content (AvgIpc) is 2.93. The Hall–Kier alpha value is -3.74. The normalized spacial score (nSPS) is 16.6. The van der Waals surface area contributed by atoms with Crippen molar-refractivity contribution >= 4 is 22.4 Å². The van der Waals surface area contributed by atoms with E-state index in [1.807, 2.05) is 36.4 Å². The summed E-state index contributed by atoms with van der Waals surface area (Å²) in [4.78, 5) is 20.0. The molecule has 1 fully saturated rings. The predicted octanol–water partition coefficient (Wildman–Crippen LogP) is 3.59. The van der Waals surface area contributed by atoms with Crippen molar-refractivity contribution in [1.82, 2.24) is 15.6 Å². The summed E-state index contributed by atoms with van der Waals surface area (Å²) in [5.74, 6) is -0.212. The van der Waals surface area contributed by atoms with Gasteiger partial charge in [0.2, 0.25) is 0 Å². The monoisotopic (exact) mass is 480 g/mol. The molecule has 1 aromatic heterocycles. The van der Waals surface area contributed by atoms with Crippen LogP contribution in [0.15, 0.2) is 91.3 Å². The van der Waals surface area contributed by atoms with E-state index in [2.05, 4.69) is 63.0 Å². The van der Waals surface area contributed by atoms with Crippen LogP contribution < -0.4 is 15.5 Å². The van der Waals surface area contributed by atoms with E-state index in [-0.39, 0.29) is 24.6 Å². The molecule has 0 radical (unpaired) electrons. The number of piperazine rings is 1. The number of amides is 1. The van der Waals surface area contributed by atoms with Crippen LogP contribution in [0.2, 0.25) is 0 Å². The van der Waals surface area contributed by atoms with Crippen LogP contribution in [0.1, 0.15) is 21.5 Å². The van der Waals surface area contributed by atoms with Crippen LogP contribution >= 0.6 is 0 Å². The Bertz CT molecular complexity index is 1310. The van der Waals surface area contributed by atoms with Crippen molar-refractivity contribution in [1.29, 1.82) is 0 Å². The minimum Gasteiger partial charge on any atom is -0.394 e. The number of carbonyl (C=O) groups is 1. The summed E-state index contributed by atoms with van der Waals surface area (Å²) in [5.41, 5.74) is 3.76. The van der Waals surface area contributed by atoms with Gasteiger partial charge in [-0.15, -0.1) is 0 Å². The number of hydrogen-bond acceptors (Lipinski definition) is 5. The molecule has 3 N–H and O–H groups in total. The summed E-state index contributed by atoms with van der Waals surface area (Å²) in [7, 11) is 0. The van der Waals surface area contributed by atoms with Gasteiger partial charge in [-0.25, -0.2) is 0 Å². The van der Waals surface area contributed by atoms with Crippen LogP contribution in [0.5, 0.6) is 0 Å². The quantitative estimate of drug-likeness (QED) is 0.359. The molecule has 184 valence electrons. The number of aliphatic hydroxyl groups is 1. The Labute approximate surface area is 212 Å². The number of nitrogens with one attached hydrogen (secondary N) is 2. The topological polar surface area (TPSA) is 77.5 Å². The first kappa shape index (κ1) is 24.0. The van der Waals surface area contributed by atoms with E-state index in [9.17, 15) is 9.90 Å². The van der Waals surface area contributed by atoms with Gasteiger partial charge in [-0.05, 0) is 40.8 Å². The van der Waals surface area contributed by atoms with E-state index in [4.69, 9.17) is 0 Å². The Morgan fingerprint density at radius 2 is 1.83 bits per heavy atom. The smallest absolute Gasteiger partial charge is 0.255 e. The van der Waals surface area contributed by atoms with Gasteiger partial charge < -0.3 is 20.6 Å². The third kappa shape index (κ3) is 5.56. The van der Waals surface area contributed by atoms with Crippen LogP contribution in [0.25, 0.3) is 10.8 Å². The van der Waals surface area contributed by atoms with Crippen molar-refractivity contribution < 1.29 is 9.90 Å². The maximum atomic E-state index is 13.4. The Morgan fingerprint density at radius 1 is 1.03 bits per heavy atom. The molecule has 36 heavy (non-hydrogen) atoms. The number of carbonyl (C=O) groups excluding carboxylic acids is 1. The molecule has 2 atom stereocenters. The zero-order valence-electron chi connectivity index (χ0n) is 20.3. The van der Waals surface area contributed by atoms with Crippen molar-refractivity contribution in [2.24, 2.45) is 0 Å². The molecule has 6 heteroatoms. The van der Waals surface area contributed by atoms with Gasteiger partial charge in [0.25, 0.3) is 5.91 Å². The molecule has 1 aliphatic rings. The number of rotatable bonds is 8. The summed E-state index contributed by atoms with van der Waals surface area (Å²) in [6.07, 6.45) is 4.82. The Kier molecular flexibility index (Phi) is 7.55. The Morgan fingerprint density at radius 3 is 2.67 bits per heavy atom. The lowest BCUT2D eigenvalue weighted by Gasteiger charge is -2.39. The highest BCUT2D eigenvalue weighted by Gasteiger charge is 2.27. The molecule has 3 aromatic carbocycles. The summed E-state index contributed by atoms with van der Waals surface area (Å²) in [5, 5.41) is 19.0. The first-order chi connectivity index (χ1) is 17.7. The zero-order valence-corrected chi connectivity index (χ0v) is 20.3. The number of fused-ring (bicyclic) bond motifs is 1. The third-order valence-electron chi connectivity index (χ3n) is 6.87. The van der Waals surface area contributed by atoms with Gasteiger partial charge in [-0.2, -0.15) is 0 Å². The lowest BCUT2D eigenvalue weighted by Crippen LogP contribution is -2.53. The van der Waals surface area contributed by atoms with Crippen molar-refractivity contribution in [2.45, 2.75) is 24.9 Å². The van der Waals surface area contributed by atoms with Crippen LogP contribution in [0.3, 0.4) is 0 Å². The van der Waals surface area contributed by atoms with Gasteiger partial charge >= 0.3 is 0 Å². The molecule has 0 aliphatic carbocycles. The van der Waals surface area contributed by atoms with E-state index >= 15 is 0 Å². The highest BCUT2D eigenvalue weighted by Crippen LogP contribution is 2.26. The minimum absolute atomic E-state index is 0.131. The number of aromatic nitrogens is 1. The molecular formula is C30H32N4O2. The zero-order chi connectivity index (χ0) is 24.7. The molecular weight excluding hydrogens is 448 g/mol. The van der Waals surface area contributed by atoms with Crippen LogP contribution in [0, 0.1) is 0 Å². The highest BCUT2D eigenvalue weighted by atomic mass is 16.3. The molecule has 1 amide bonds. The van der Waals surface area contributed by atoms with Crippen molar-refractivity contribution in [3.63, 3.8) is 0 Å². The fraction of sp³-hybridized carbons (Fsp3) is 0.267. The summed E-state index contributed by atoms with van der Waals surface area (Å²) in [6.45, 7) is 2.36. The van der Waals surface area contributed by atoms with E-state index in [0.29, 0.717) is 12.0 Å². The highest BCUT2D eigenvalue weighted by molar-refractivity contribution is 5.99. The van der Waals surface area contributed by atoms with Gasteiger partial charge in [-0.1, -0.05) is 72.8 Å². The van der Waals surface area contributed by atoms with E-state index in [1.54, 1.807) is 12.4 Å². The number of aliphatic hydroxyl groups excluding tert-OH is 1. The van der Waals surface area contributed by atoms with Gasteiger partial charge in [0.1, 0.15) is 0 Å². The van der Waals surface area contributed by atoms with Gasteiger partial charge in [0.05, 0.1) is 23.9 Å². The largest absolute Gasteiger partial charge is 0.394 e. The molecule has 0 spiro atoms. The third-order valence-corrected chi connectivity index (χ3v) is 6.87. The lowest BCUT2D eigenvalue weighted by atomic mass is 9.98. The SMILES string of the molecule is O=C(NC(CO)Cc1ccccc1)c1cnccc1N1CCNCC1Cc1ccc2ccccc2c1. The van der Waals surface area contributed by atoms with E-state index < -0.39 is 0 Å². The first-order valence-corrected chi connectivity index (χ1v) is 12.6. The molecule has 5 rings (SSSR count). The number of pyridine rings is 1. The molecule has 0 bridgehead atoms. The van der Waals surface area contributed by atoms with Crippen molar-refractivity contribution in [3.8, 4) is 0 Å². The number of benzene rings is 3. The van der Waals surface area contributed by atoms with Crippen LogP contribution in [0.4, 0.5) is 5.69 Å². The minimum atomic E-state index is -0.371. The molecule has 4 aromatic rings. The maximum absolute atomic E-state index is 13.4. The average molecular weight is 481 g/mol. The number of hydrogen-bond donors (Lipinski definition) is 3. The van der Waals surface area contributed by atoms with Gasteiger partial charge in [0, 0.05) is 38.1 Å². The predicted molar refractivity (Wildman–Crippen MR) is 144 cm³/mol. The van der Waals surface area contributed by atoms with Crippen LogP contribution in [-0.2, 0) is 12.8 Å². The molecule has 1 saturated heterocycles. The number of nitrogens with zero attached hydrogens (tertiary/aromatic N) is 2. The maximum Gasteiger partial charge on any atom is 0.255 e. The standard InChI is InChI=1S/C30H32N4O2/c35-21-26(17-22-6-2-1-3-7-22)33-30(36)28-20-31-13-12-29(28)34-15-14-32-19-27(34)18-23-10-11-24-8-4-5-9-25(24)16-23/h1-13,16,20,26-27,32,35H,14-15,17-19,21H2,(H,33,36). The van der Waals surface area contributed by atoms with Gasteiger partial charge in [0.15, 0.2) is 0 Å². The second-order valence-electron chi connectivity index (χ2n) is 9.37. The Balaban J connectivity index is 1.35.